The van der Waals surface area contributed by atoms with Crippen molar-refractivity contribution in [2.24, 2.45) is 4.40 Å². The molecule has 4 nitrogen and oxygen atoms in total. The number of allylic oxidation sites excluding steroid dienone is 1. The molecule has 2 rings (SSSR count). The fourth-order valence-corrected chi connectivity index (χ4v) is 1.94. The molecule has 1 aromatic carbocycles. The van der Waals surface area contributed by atoms with Crippen molar-refractivity contribution in [3.05, 3.63) is 40.5 Å². The molecule has 1 aliphatic rings. The molecule has 78 valence electrons. The second-order valence-electron chi connectivity index (χ2n) is 2.83. The molecule has 6 heteroatoms. The maximum atomic E-state index is 10.9. The number of halogens is 1. The van der Waals surface area contributed by atoms with E-state index in [0.717, 1.165) is 11.6 Å². The van der Waals surface area contributed by atoms with Crippen molar-refractivity contribution < 1.29 is 13.2 Å². The van der Waals surface area contributed by atoms with E-state index in [1.807, 2.05) is 0 Å². The summed E-state index contributed by atoms with van der Waals surface area (Å²) in [5, 5.41) is 1.47. The first kappa shape index (κ1) is 10.2. The third-order valence-corrected chi connectivity index (χ3v) is 2.79. The van der Waals surface area contributed by atoms with Gasteiger partial charge in [0.2, 0.25) is 0 Å². The molecule has 15 heavy (non-hydrogen) atoms. The van der Waals surface area contributed by atoms with Gasteiger partial charge in [-0.2, -0.15) is 12.8 Å². The van der Waals surface area contributed by atoms with Gasteiger partial charge in [0.1, 0.15) is 5.75 Å². The van der Waals surface area contributed by atoms with Crippen LogP contribution in [0.3, 0.4) is 0 Å². The zero-order valence-corrected chi connectivity index (χ0v) is 8.99. The highest BCUT2D eigenvalue weighted by molar-refractivity contribution is 7.93. The molecular formula is C9H6ClNO3S. The summed E-state index contributed by atoms with van der Waals surface area (Å²) in [4.78, 5) is 0. The maximum absolute atomic E-state index is 10.9. The average molecular weight is 244 g/mol. The first-order valence-electron chi connectivity index (χ1n) is 4.01. The summed E-state index contributed by atoms with van der Waals surface area (Å²) >= 11 is 5.73. The van der Waals surface area contributed by atoms with Crippen LogP contribution < -0.4 is 4.74 Å². The lowest BCUT2D eigenvalue weighted by Crippen LogP contribution is -1.93. The van der Waals surface area contributed by atoms with Crippen LogP contribution in [-0.2, 0) is 10.0 Å². The lowest BCUT2D eigenvalue weighted by atomic mass is 10.3. The Morgan fingerprint density at radius 3 is 2.73 bits per heavy atom. The number of benzene rings is 1. The van der Waals surface area contributed by atoms with Crippen LogP contribution >= 0.6 is 11.6 Å². The van der Waals surface area contributed by atoms with E-state index in [0.29, 0.717) is 10.8 Å². The van der Waals surface area contributed by atoms with Gasteiger partial charge in [0.15, 0.2) is 5.76 Å². The first-order valence-corrected chi connectivity index (χ1v) is 5.89. The second-order valence-corrected chi connectivity index (χ2v) is 4.74. The van der Waals surface area contributed by atoms with Gasteiger partial charge < -0.3 is 4.74 Å². The van der Waals surface area contributed by atoms with E-state index < -0.39 is 10.0 Å². The third-order valence-electron chi connectivity index (χ3n) is 1.62. The van der Waals surface area contributed by atoms with E-state index in [1.165, 1.54) is 0 Å². The van der Waals surface area contributed by atoms with Gasteiger partial charge in [-0.25, -0.2) is 0 Å². The van der Waals surface area contributed by atoms with E-state index in [2.05, 4.69) is 4.40 Å². The number of nitrogens with zero attached hydrogens (tertiary/aromatic N) is 1. The van der Waals surface area contributed by atoms with Crippen molar-refractivity contribution in [1.29, 1.82) is 0 Å². The Labute approximate surface area is 91.9 Å². The van der Waals surface area contributed by atoms with Crippen molar-refractivity contribution in [3.8, 4) is 5.75 Å². The van der Waals surface area contributed by atoms with Crippen LogP contribution in [0.1, 0.15) is 0 Å². The zero-order valence-electron chi connectivity index (χ0n) is 7.42. The van der Waals surface area contributed by atoms with Crippen LogP contribution in [0.5, 0.6) is 5.75 Å². The van der Waals surface area contributed by atoms with Crippen molar-refractivity contribution >= 4 is 27.8 Å². The molecule has 0 unspecified atom stereocenters. The Morgan fingerprint density at radius 2 is 2.13 bits per heavy atom. The normalized spacial score (nSPS) is 17.5. The summed E-state index contributed by atoms with van der Waals surface area (Å²) < 4.78 is 30.3. The van der Waals surface area contributed by atoms with Gasteiger partial charge >= 0.3 is 0 Å². The van der Waals surface area contributed by atoms with Gasteiger partial charge in [-0.3, -0.25) is 0 Å². The Kier molecular flexibility index (Phi) is 2.50. The minimum absolute atomic E-state index is 0.178. The fourth-order valence-electron chi connectivity index (χ4n) is 1.05. The summed E-state index contributed by atoms with van der Waals surface area (Å²) in [5.41, 5.74) is 0. The van der Waals surface area contributed by atoms with Crippen molar-refractivity contribution in [2.45, 2.75) is 0 Å². The predicted molar refractivity (Wildman–Crippen MR) is 57.6 cm³/mol. The van der Waals surface area contributed by atoms with Gasteiger partial charge in [0.25, 0.3) is 10.0 Å². The van der Waals surface area contributed by atoms with E-state index in [9.17, 15) is 8.42 Å². The molecule has 0 saturated carbocycles. The van der Waals surface area contributed by atoms with Crippen molar-refractivity contribution in [1.82, 2.24) is 0 Å². The van der Waals surface area contributed by atoms with Crippen LogP contribution in [0.4, 0.5) is 0 Å². The monoisotopic (exact) mass is 243 g/mol. The summed E-state index contributed by atoms with van der Waals surface area (Å²) in [7, 11) is -3.48. The van der Waals surface area contributed by atoms with Crippen molar-refractivity contribution in [3.63, 3.8) is 0 Å². The number of hydrogen-bond donors (Lipinski definition) is 0. The lowest BCUT2D eigenvalue weighted by molar-refractivity contribution is 0.459. The smallest absolute Gasteiger partial charge is 0.279 e. The van der Waals surface area contributed by atoms with Crippen LogP contribution in [0.25, 0.3) is 0 Å². The molecule has 0 fully saturated rings. The largest absolute Gasteiger partial charge is 0.455 e. The molecule has 0 N–H and O–H groups in total. The molecule has 0 saturated heterocycles. The Bertz CT molecular complexity index is 548. The Morgan fingerprint density at radius 1 is 1.33 bits per heavy atom. The number of sulfonamides is 1. The minimum atomic E-state index is -3.48. The van der Waals surface area contributed by atoms with E-state index in [4.69, 9.17) is 16.3 Å². The van der Waals surface area contributed by atoms with E-state index in [-0.39, 0.29) is 5.76 Å². The average Bonchev–Trinajstić information content (AvgIpc) is 2.45. The quantitative estimate of drug-likeness (QED) is 0.798. The summed E-state index contributed by atoms with van der Waals surface area (Å²) in [6, 6.07) is 6.66. The topological polar surface area (TPSA) is 55.7 Å². The molecule has 0 aliphatic carbocycles. The molecule has 0 atom stereocenters. The molecule has 0 amide bonds. The summed E-state index contributed by atoms with van der Waals surface area (Å²) in [6.07, 6.45) is 1.15. The van der Waals surface area contributed by atoms with Crippen LogP contribution in [0.15, 0.2) is 39.8 Å². The Hall–Kier alpha value is -1.33. The highest BCUT2D eigenvalue weighted by Gasteiger charge is 2.14. The zero-order chi connectivity index (χ0) is 10.9. The molecule has 1 heterocycles. The molecule has 0 spiro atoms. The maximum Gasteiger partial charge on any atom is 0.279 e. The van der Waals surface area contributed by atoms with Gasteiger partial charge in [-0.1, -0.05) is 17.7 Å². The molecule has 0 aromatic heterocycles. The predicted octanol–water partition coefficient (Wildman–Crippen LogP) is 1.97. The second kappa shape index (κ2) is 3.67. The lowest BCUT2D eigenvalue weighted by Gasteiger charge is -2.02. The van der Waals surface area contributed by atoms with Gasteiger partial charge in [0.05, 0.1) is 11.6 Å². The standard InChI is InChI=1S/C9H6ClNO3S/c10-7-2-1-3-8(4-7)14-9-5-11-15(12,13)6-9/h1-6H. The highest BCUT2D eigenvalue weighted by atomic mass is 35.5. The number of hydrogen-bond acceptors (Lipinski definition) is 3. The molecule has 1 aromatic rings. The summed E-state index contributed by atoms with van der Waals surface area (Å²) in [6.45, 7) is 0. The summed E-state index contributed by atoms with van der Waals surface area (Å²) in [5.74, 6) is 0.648. The van der Waals surface area contributed by atoms with E-state index in [1.54, 1.807) is 24.3 Å². The van der Waals surface area contributed by atoms with Crippen LogP contribution in [0.2, 0.25) is 5.02 Å². The van der Waals surface area contributed by atoms with Crippen molar-refractivity contribution in [2.75, 3.05) is 0 Å². The van der Waals surface area contributed by atoms with E-state index >= 15 is 0 Å². The van der Waals surface area contributed by atoms with Crippen LogP contribution in [0, 0.1) is 0 Å². The Balaban J connectivity index is 2.22. The van der Waals surface area contributed by atoms with Crippen LogP contribution in [-0.4, -0.2) is 14.6 Å². The van der Waals surface area contributed by atoms with Gasteiger partial charge in [-0.15, -0.1) is 0 Å². The minimum Gasteiger partial charge on any atom is -0.455 e. The molecule has 1 aliphatic heterocycles. The molecular weight excluding hydrogens is 238 g/mol. The van der Waals surface area contributed by atoms with Gasteiger partial charge in [-0.05, 0) is 18.2 Å². The first-order chi connectivity index (χ1) is 7.05. The van der Waals surface area contributed by atoms with Gasteiger partial charge in [0, 0.05) is 5.02 Å². The number of ether oxygens (including phenoxy) is 1. The molecule has 0 radical (unpaired) electrons. The highest BCUT2D eigenvalue weighted by Crippen LogP contribution is 2.20. The SMILES string of the molecule is O=S1(=O)C=C(Oc2cccc(Cl)c2)C=N1. The molecule has 0 bridgehead atoms. The number of rotatable bonds is 2. The fraction of sp³-hybridized carbons (Fsp3) is 0. The third kappa shape index (κ3) is 2.57.